The van der Waals surface area contributed by atoms with Crippen molar-refractivity contribution in [3.63, 3.8) is 0 Å². The van der Waals surface area contributed by atoms with Gasteiger partial charge in [0.2, 0.25) is 5.91 Å². The first-order valence-electron chi connectivity index (χ1n) is 5.79. The Labute approximate surface area is 111 Å². The number of thioether (sulfide) groups is 1. The molecule has 0 bridgehead atoms. The summed E-state index contributed by atoms with van der Waals surface area (Å²) in [4.78, 5) is 15.8. The Hall–Kier alpha value is -0.550. The first kappa shape index (κ1) is 14.5. The van der Waals surface area contributed by atoms with Gasteiger partial charge >= 0.3 is 0 Å². The van der Waals surface area contributed by atoms with E-state index in [2.05, 4.69) is 36.5 Å². The first-order valence-corrected chi connectivity index (χ1v) is 7.65. The topological polar surface area (TPSA) is 42.0 Å². The van der Waals surface area contributed by atoms with Crippen LogP contribution in [0.15, 0.2) is 9.72 Å². The monoisotopic (exact) mass is 272 g/mol. The fourth-order valence-corrected chi connectivity index (χ4v) is 3.25. The van der Waals surface area contributed by atoms with Gasteiger partial charge in [-0.3, -0.25) is 4.79 Å². The molecule has 0 radical (unpaired) electrons. The van der Waals surface area contributed by atoms with E-state index in [0.29, 0.717) is 13.0 Å². The van der Waals surface area contributed by atoms with Crippen LogP contribution in [0.25, 0.3) is 0 Å². The number of amides is 1. The number of nitrogens with zero attached hydrogens (tertiary/aromatic N) is 1. The third-order valence-electron chi connectivity index (χ3n) is 2.18. The average Bonchev–Trinajstić information content (AvgIpc) is 2.66. The molecule has 0 atom stereocenters. The summed E-state index contributed by atoms with van der Waals surface area (Å²) < 4.78 is 1.05. The number of hydrogen-bond donors (Lipinski definition) is 1. The molecule has 1 heterocycles. The Morgan fingerprint density at radius 1 is 1.53 bits per heavy atom. The Kier molecular flexibility index (Phi) is 5.46. The van der Waals surface area contributed by atoms with E-state index in [1.54, 1.807) is 23.1 Å². The maximum atomic E-state index is 11.3. The molecular formula is C12H20N2OS2. The summed E-state index contributed by atoms with van der Waals surface area (Å²) in [5, 5.41) is 4.90. The van der Waals surface area contributed by atoms with Gasteiger partial charge in [0.1, 0.15) is 4.34 Å². The van der Waals surface area contributed by atoms with Crippen LogP contribution in [0, 0.1) is 0 Å². The lowest BCUT2D eigenvalue weighted by molar-refractivity contribution is -0.120. The summed E-state index contributed by atoms with van der Waals surface area (Å²) in [5.41, 5.74) is 1.23. The van der Waals surface area contributed by atoms with Gasteiger partial charge in [-0.1, -0.05) is 32.5 Å². The van der Waals surface area contributed by atoms with Crippen LogP contribution in [0.1, 0.15) is 39.8 Å². The number of thiazole rings is 1. The van der Waals surface area contributed by atoms with Crippen LogP contribution >= 0.6 is 23.1 Å². The van der Waals surface area contributed by atoms with E-state index in [4.69, 9.17) is 0 Å². The van der Waals surface area contributed by atoms with E-state index < -0.39 is 0 Å². The molecule has 0 saturated heterocycles. The van der Waals surface area contributed by atoms with Crippen molar-refractivity contribution in [2.45, 2.75) is 43.9 Å². The molecule has 96 valence electrons. The fraction of sp³-hybridized carbons (Fsp3) is 0.667. The van der Waals surface area contributed by atoms with Gasteiger partial charge in [-0.05, 0) is 6.92 Å². The van der Waals surface area contributed by atoms with Crippen molar-refractivity contribution < 1.29 is 4.79 Å². The third kappa shape index (κ3) is 5.08. The zero-order valence-electron chi connectivity index (χ0n) is 10.9. The molecule has 1 aromatic heterocycles. The molecule has 1 N–H and O–H groups in total. The SMILES string of the molecule is CCNC(=O)CCSc1nc(C(C)(C)C)cs1. The highest BCUT2D eigenvalue weighted by molar-refractivity contribution is 8.01. The van der Waals surface area contributed by atoms with Crippen LogP contribution in [-0.4, -0.2) is 23.2 Å². The molecule has 1 aromatic rings. The van der Waals surface area contributed by atoms with E-state index in [0.717, 1.165) is 15.8 Å². The maximum Gasteiger partial charge on any atom is 0.220 e. The molecule has 1 rings (SSSR count). The molecule has 0 aromatic carbocycles. The summed E-state index contributed by atoms with van der Waals surface area (Å²) in [6.07, 6.45) is 0.558. The summed E-state index contributed by atoms with van der Waals surface area (Å²) in [5.74, 6) is 0.913. The van der Waals surface area contributed by atoms with Crippen LogP contribution in [0.4, 0.5) is 0 Å². The summed E-state index contributed by atoms with van der Waals surface area (Å²) in [6, 6.07) is 0. The maximum absolute atomic E-state index is 11.3. The van der Waals surface area contributed by atoms with Gasteiger partial charge in [0.05, 0.1) is 5.69 Å². The molecule has 0 spiro atoms. The quantitative estimate of drug-likeness (QED) is 0.838. The summed E-state index contributed by atoms with van der Waals surface area (Å²) >= 11 is 3.32. The Bertz CT molecular complexity index is 369. The standard InChI is InChI=1S/C12H20N2OS2/c1-5-13-10(15)6-7-16-11-14-9(8-17-11)12(2,3)4/h8H,5-7H2,1-4H3,(H,13,15). The highest BCUT2D eigenvalue weighted by Gasteiger charge is 2.17. The number of rotatable bonds is 5. The van der Waals surface area contributed by atoms with Crippen molar-refractivity contribution in [2.75, 3.05) is 12.3 Å². The number of carbonyl (C=O) groups is 1. The lowest BCUT2D eigenvalue weighted by atomic mass is 9.93. The minimum atomic E-state index is 0.106. The Balaban J connectivity index is 2.38. The van der Waals surface area contributed by atoms with Gasteiger partial charge in [0.25, 0.3) is 0 Å². The second-order valence-electron chi connectivity index (χ2n) is 4.80. The lowest BCUT2D eigenvalue weighted by Gasteiger charge is -2.14. The van der Waals surface area contributed by atoms with Gasteiger partial charge in [-0.25, -0.2) is 4.98 Å². The van der Waals surface area contributed by atoms with Gasteiger partial charge < -0.3 is 5.32 Å². The molecule has 0 aliphatic rings. The van der Waals surface area contributed by atoms with E-state index in [1.165, 1.54) is 0 Å². The van der Waals surface area contributed by atoms with Crippen molar-refractivity contribution in [2.24, 2.45) is 0 Å². The van der Waals surface area contributed by atoms with Crippen molar-refractivity contribution in [1.29, 1.82) is 0 Å². The molecule has 0 unspecified atom stereocenters. The first-order chi connectivity index (χ1) is 7.93. The Morgan fingerprint density at radius 3 is 2.76 bits per heavy atom. The van der Waals surface area contributed by atoms with Crippen LogP contribution < -0.4 is 5.32 Å². The molecule has 0 aliphatic heterocycles. The summed E-state index contributed by atoms with van der Waals surface area (Å²) in [6.45, 7) is 9.11. The molecule has 5 heteroatoms. The third-order valence-corrected chi connectivity index (χ3v) is 4.20. The van der Waals surface area contributed by atoms with Gasteiger partial charge in [0.15, 0.2) is 0 Å². The molecule has 0 aliphatic carbocycles. The van der Waals surface area contributed by atoms with Crippen molar-refractivity contribution >= 4 is 29.0 Å². The molecule has 0 fully saturated rings. The van der Waals surface area contributed by atoms with Crippen LogP contribution in [0.5, 0.6) is 0 Å². The zero-order chi connectivity index (χ0) is 12.9. The van der Waals surface area contributed by atoms with Crippen molar-refractivity contribution in [3.05, 3.63) is 11.1 Å². The van der Waals surface area contributed by atoms with E-state index in [-0.39, 0.29) is 11.3 Å². The number of carbonyl (C=O) groups excluding carboxylic acids is 1. The average molecular weight is 272 g/mol. The van der Waals surface area contributed by atoms with Crippen molar-refractivity contribution in [1.82, 2.24) is 10.3 Å². The van der Waals surface area contributed by atoms with Crippen LogP contribution in [0.2, 0.25) is 0 Å². The predicted molar refractivity (Wildman–Crippen MR) is 74.8 cm³/mol. The zero-order valence-corrected chi connectivity index (χ0v) is 12.5. The molecule has 3 nitrogen and oxygen atoms in total. The normalized spacial score (nSPS) is 11.5. The number of aromatic nitrogens is 1. The molecule has 1 amide bonds. The number of nitrogens with one attached hydrogen (secondary N) is 1. The Morgan fingerprint density at radius 2 is 2.24 bits per heavy atom. The predicted octanol–water partition coefficient (Wildman–Crippen LogP) is 3.06. The van der Waals surface area contributed by atoms with E-state index in [9.17, 15) is 4.79 Å². The second kappa shape index (κ2) is 6.40. The molecular weight excluding hydrogens is 252 g/mol. The van der Waals surface area contributed by atoms with Gasteiger partial charge in [-0.15, -0.1) is 11.3 Å². The second-order valence-corrected chi connectivity index (χ2v) is 7.00. The van der Waals surface area contributed by atoms with Gasteiger partial charge in [0, 0.05) is 29.5 Å². The smallest absolute Gasteiger partial charge is 0.220 e. The van der Waals surface area contributed by atoms with Gasteiger partial charge in [-0.2, -0.15) is 0 Å². The molecule has 0 saturated carbocycles. The fourth-order valence-electron chi connectivity index (χ4n) is 1.18. The summed E-state index contributed by atoms with van der Waals surface area (Å²) in [7, 11) is 0. The van der Waals surface area contributed by atoms with E-state index >= 15 is 0 Å². The molecule has 17 heavy (non-hydrogen) atoms. The lowest BCUT2D eigenvalue weighted by Crippen LogP contribution is -2.22. The highest BCUT2D eigenvalue weighted by Crippen LogP contribution is 2.29. The minimum absolute atomic E-state index is 0.106. The highest BCUT2D eigenvalue weighted by atomic mass is 32.2. The minimum Gasteiger partial charge on any atom is -0.356 e. The number of hydrogen-bond acceptors (Lipinski definition) is 4. The largest absolute Gasteiger partial charge is 0.356 e. The van der Waals surface area contributed by atoms with Crippen LogP contribution in [0.3, 0.4) is 0 Å². The van der Waals surface area contributed by atoms with Crippen molar-refractivity contribution in [3.8, 4) is 0 Å². The van der Waals surface area contributed by atoms with E-state index in [1.807, 2.05) is 6.92 Å². The van der Waals surface area contributed by atoms with Crippen LogP contribution in [-0.2, 0) is 10.2 Å².